The summed E-state index contributed by atoms with van der Waals surface area (Å²) in [5.41, 5.74) is 0.809. The average Bonchev–Trinajstić information content (AvgIpc) is 2.15. The lowest BCUT2D eigenvalue weighted by atomic mass is 10.3. The van der Waals surface area contributed by atoms with E-state index in [1.165, 1.54) is 11.9 Å². The van der Waals surface area contributed by atoms with Gasteiger partial charge in [0, 0.05) is 12.3 Å². The molecular formula is C8H10N2OS. The van der Waals surface area contributed by atoms with Crippen LogP contribution in [-0.4, -0.2) is 13.4 Å². The molecule has 1 aromatic rings. The third kappa shape index (κ3) is 2.54. The third-order valence-corrected chi connectivity index (χ3v) is 1.54. The Morgan fingerprint density at radius 1 is 1.42 bits per heavy atom. The molecule has 3 nitrogen and oxygen atoms in total. The molecule has 1 rings (SSSR count). The van der Waals surface area contributed by atoms with Gasteiger partial charge in [-0.25, -0.2) is 0 Å². The molecule has 0 radical (unpaired) electrons. The maximum atomic E-state index is 5.03. The Balaban J connectivity index is 2.79. The highest BCUT2D eigenvalue weighted by Gasteiger charge is 1.91. The molecule has 0 aliphatic rings. The first-order valence-electron chi connectivity index (χ1n) is 3.45. The van der Waals surface area contributed by atoms with Gasteiger partial charge in [0.25, 0.3) is 0 Å². The predicted octanol–water partition coefficient (Wildman–Crippen LogP) is 3.06. The first-order valence-corrected chi connectivity index (χ1v) is 4.63. The lowest BCUT2D eigenvalue weighted by Gasteiger charge is -1.98. The summed E-state index contributed by atoms with van der Waals surface area (Å²) >= 11 is 1.33. The van der Waals surface area contributed by atoms with Gasteiger partial charge in [0.1, 0.15) is 5.75 Å². The minimum absolute atomic E-state index is 0.799. The molecule has 0 fully saturated rings. The number of rotatable bonds is 3. The number of hydrogen-bond donors (Lipinski definition) is 0. The fourth-order valence-electron chi connectivity index (χ4n) is 0.761. The van der Waals surface area contributed by atoms with E-state index >= 15 is 0 Å². The summed E-state index contributed by atoms with van der Waals surface area (Å²) in [6.45, 7) is 0. The van der Waals surface area contributed by atoms with Gasteiger partial charge in [-0.3, -0.25) is 0 Å². The van der Waals surface area contributed by atoms with Crippen LogP contribution in [0.25, 0.3) is 0 Å². The van der Waals surface area contributed by atoms with E-state index in [1.807, 2.05) is 30.5 Å². The second-order valence-corrected chi connectivity index (χ2v) is 2.59. The number of ether oxygens (including phenoxy) is 1. The van der Waals surface area contributed by atoms with Crippen molar-refractivity contribution in [3.8, 4) is 5.75 Å². The van der Waals surface area contributed by atoms with E-state index in [4.69, 9.17) is 4.74 Å². The van der Waals surface area contributed by atoms with Crippen LogP contribution in [0, 0.1) is 0 Å². The Hall–Kier alpha value is -1.03. The zero-order chi connectivity index (χ0) is 8.81. The van der Waals surface area contributed by atoms with E-state index in [2.05, 4.69) is 9.63 Å². The van der Waals surface area contributed by atoms with Gasteiger partial charge in [-0.05, 0) is 24.1 Å². The molecule has 0 amide bonds. The summed E-state index contributed by atoms with van der Waals surface area (Å²) in [6.07, 6.45) is 1.86. The molecule has 0 unspecified atom stereocenters. The highest BCUT2D eigenvalue weighted by Crippen LogP contribution is 2.20. The molecular weight excluding hydrogens is 172 g/mol. The number of hydrogen-bond acceptors (Lipinski definition) is 4. The predicted molar refractivity (Wildman–Crippen MR) is 51.0 cm³/mol. The van der Waals surface area contributed by atoms with Gasteiger partial charge in [-0.2, -0.15) is 0 Å². The third-order valence-electron chi connectivity index (χ3n) is 1.29. The zero-order valence-corrected chi connectivity index (χ0v) is 7.84. The molecule has 0 N–H and O–H groups in total. The molecule has 0 aliphatic heterocycles. The van der Waals surface area contributed by atoms with Crippen LogP contribution in [0.5, 0.6) is 5.75 Å². The Kier molecular flexibility index (Phi) is 3.60. The van der Waals surface area contributed by atoms with Gasteiger partial charge in [-0.1, -0.05) is 6.07 Å². The van der Waals surface area contributed by atoms with E-state index in [0.717, 1.165) is 11.4 Å². The van der Waals surface area contributed by atoms with Gasteiger partial charge in [-0.15, -0.1) is 9.63 Å². The van der Waals surface area contributed by atoms with Crippen molar-refractivity contribution in [1.29, 1.82) is 0 Å². The SMILES string of the molecule is COc1cccc(N=NSC)c1. The molecule has 0 heterocycles. The number of methoxy groups -OCH3 is 1. The second kappa shape index (κ2) is 4.77. The largest absolute Gasteiger partial charge is 0.497 e. The molecule has 0 saturated heterocycles. The lowest BCUT2D eigenvalue weighted by molar-refractivity contribution is 0.415. The topological polar surface area (TPSA) is 34.0 Å². The minimum atomic E-state index is 0.799. The maximum Gasteiger partial charge on any atom is 0.121 e. The van der Waals surface area contributed by atoms with E-state index in [9.17, 15) is 0 Å². The van der Waals surface area contributed by atoms with Crippen molar-refractivity contribution >= 4 is 17.6 Å². The molecule has 64 valence electrons. The van der Waals surface area contributed by atoms with Gasteiger partial charge in [0.15, 0.2) is 0 Å². The monoisotopic (exact) mass is 182 g/mol. The molecule has 4 heteroatoms. The van der Waals surface area contributed by atoms with Crippen molar-refractivity contribution < 1.29 is 4.74 Å². The van der Waals surface area contributed by atoms with Crippen molar-refractivity contribution in [2.75, 3.05) is 13.4 Å². The number of benzene rings is 1. The van der Waals surface area contributed by atoms with E-state index in [1.54, 1.807) is 7.11 Å². The van der Waals surface area contributed by atoms with Gasteiger partial charge in [0.2, 0.25) is 0 Å². The average molecular weight is 182 g/mol. The zero-order valence-electron chi connectivity index (χ0n) is 7.02. The highest BCUT2D eigenvalue weighted by molar-refractivity contribution is 7.97. The summed E-state index contributed by atoms with van der Waals surface area (Å²) in [5, 5.41) is 3.94. The Labute approximate surface area is 76.0 Å². The van der Waals surface area contributed by atoms with Crippen molar-refractivity contribution in [2.24, 2.45) is 9.63 Å². The Morgan fingerprint density at radius 2 is 2.25 bits per heavy atom. The quantitative estimate of drug-likeness (QED) is 0.531. The van der Waals surface area contributed by atoms with Crippen molar-refractivity contribution in [1.82, 2.24) is 0 Å². The van der Waals surface area contributed by atoms with E-state index < -0.39 is 0 Å². The van der Waals surface area contributed by atoms with Crippen LogP contribution in [-0.2, 0) is 0 Å². The van der Waals surface area contributed by atoms with Crippen molar-refractivity contribution in [3.05, 3.63) is 24.3 Å². The first-order chi connectivity index (χ1) is 5.86. The van der Waals surface area contributed by atoms with E-state index in [-0.39, 0.29) is 0 Å². The van der Waals surface area contributed by atoms with Gasteiger partial charge < -0.3 is 4.74 Å². The van der Waals surface area contributed by atoms with Crippen LogP contribution in [0.2, 0.25) is 0 Å². The standard InChI is InChI=1S/C8H10N2OS/c1-11-8-5-3-4-7(6-8)9-10-12-2/h3-6H,1-2H3. The van der Waals surface area contributed by atoms with E-state index in [0.29, 0.717) is 0 Å². The van der Waals surface area contributed by atoms with Crippen LogP contribution >= 0.6 is 11.9 Å². The van der Waals surface area contributed by atoms with Gasteiger partial charge >= 0.3 is 0 Å². The lowest BCUT2D eigenvalue weighted by Crippen LogP contribution is -1.79. The van der Waals surface area contributed by atoms with Gasteiger partial charge in [0.05, 0.1) is 12.8 Å². The van der Waals surface area contributed by atoms with Crippen molar-refractivity contribution in [3.63, 3.8) is 0 Å². The Morgan fingerprint density at radius 3 is 2.92 bits per heavy atom. The van der Waals surface area contributed by atoms with Crippen LogP contribution < -0.4 is 4.74 Å². The molecule has 0 saturated carbocycles. The summed E-state index contributed by atoms with van der Waals surface area (Å²) in [5.74, 6) is 0.799. The summed E-state index contributed by atoms with van der Waals surface area (Å²) in [6, 6.07) is 7.47. The molecule has 1 aromatic carbocycles. The second-order valence-electron chi connectivity index (χ2n) is 2.07. The first kappa shape index (κ1) is 9.06. The fraction of sp³-hybridized carbons (Fsp3) is 0.250. The Bertz CT molecular complexity index is 276. The highest BCUT2D eigenvalue weighted by atomic mass is 32.2. The molecule has 0 atom stereocenters. The van der Waals surface area contributed by atoms with Crippen LogP contribution in [0.3, 0.4) is 0 Å². The molecule has 12 heavy (non-hydrogen) atoms. The normalized spacial score (nSPS) is 10.5. The fourth-order valence-corrected chi connectivity index (χ4v) is 0.937. The summed E-state index contributed by atoms with van der Waals surface area (Å²) in [4.78, 5) is 0. The van der Waals surface area contributed by atoms with Crippen LogP contribution in [0.15, 0.2) is 33.9 Å². The molecule has 0 aliphatic carbocycles. The molecule has 0 bridgehead atoms. The summed E-state index contributed by atoms with van der Waals surface area (Å²) < 4.78 is 8.83. The summed E-state index contributed by atoms with van der Waals surface area (Å²) in [7, 11) is 1.63. The minimum Gasteiger partial charge on any atom is -0.497 e. The van der Waals surface area contributed by atoms with Crippen LogP contribution in [0.1, 0.15) is 0 Å². The maximum absolute atomic E-state index is 5.03. The van der Waals surface area contributed by atoms with Crippen LogP contribution in [0.4, 0.5) is 5.69 Å². The van der Waals surface area contributed by atoms with Crippen molar-refractivity contribution in [2.45, 2.75) is 0 Å². The molecule has 0 spiro atoms. The number of nitrogens with zero attached hydrogens (tertiary/aromatic N) is 2. The molecule has 0 aromatic heterocycles. The smallest absolute Gasteiger partial charge is 0.121 e.